The molecule has 0 aliphatic rings. The summed E-state index contributed by atoms with van der Waals surface area (Å²) in [5.41, 5.74) is 3.84. The zero-order valence-corrected chi connectivity index (χ0v) is 12.2. The van der Waals surface area contributed by atoms with Crippen LogP contribution in [0.1, 0.15) is 12.5 Å². The lowest BCUT2D eigenvalue weighted by atomic mass is 10.2. The Balaban J connectivity index is 3.44. The van der Waals surface area contributed by atoms with Crippen LogP contribution in [-0.4, -0.2) is 36.6 Å². The quantitative estimate of drug-likeness (QED) is 0.605. The number of nitrogens with zero attached hydrogens (tertiary/aromatic N) is 2. The van der Waals surface area contributed by atoms with E-state index < -0.39 is 43.8 Å². The van der Waals surface area contributed by atoms with E-state index in [-0.39, 0.29) is 12.1 Å². The first-order valence-corrected chi connectivity index (χ1v) is 7.28. The average molecular weight is 319 g/mol. The van der Waals surface area contributed by atoms with Crippen molar-refractivity contribution >= 4 is 21.6 Å². The summed E-state index contributed by atoms with van der Waals surface area (Å²) in [5.74, 6) is -1.97. The van der Waals surface area contributed by atoms with Crippen LogP contribution in [0.2, 0.25) is 0 Å². The molecule has 1 aromatic carbocycles. The number of sulfonamides is 1. The molecule has 0 heterocycles. The SMILES string of the molecule is CCN(CC(N)=O)S(=O)(=O)c1cc(C)c(F)c([N+](=O)[O-])c1. The fourth-order valence-corrected chi connectivity index (χ4v) is 3.21. The third kappa shape index (κ3) is 3.52. The van der Waals surface area contributed by atoms with E-state index in [9.17, 15) is 27.7 Å². The van der Waals surface area contributed by atoms with Crippen LogP contribution in [0.15, 0.2) is 17.0 Å². The van der Waals surface area contributed by atoms with Crippen molar-refractivity contribution in [1.82, 2.24) is 4.31 Å². The lowest BCUT2D eigenvalue weighted by molar-refractivity contribution is -0.387. The van der Waals surface area contributed by atoms with Gasteiger partial charge in [-0.05, 0) is 18.6 Å². The second-order valence-electron chi connectivity index (χ2n) is 4.23. The molecule has 2 N–H and O–H groups in total. The van der Waals surface area contributed by atoms with Crippen molar-refractivity contribution in [3.63, 3.8) is 0 Å². The summed E-state index contributed by atoms with van der Waals surface area (Å²) in [6, 6.07) is 1.60. The summed E-state index contributed by atoms with van der Waals surface area (Å²) < 4.78 is 39.0. The summed E-state index contributed by atoms with van der Waals surface area (Å²) in [7, 11) is -4.18. The fraction of sp³-hybridized carbons (Fsp3) is 0.364. The number of halogens is 1. The molecule has 1 rings (SSSR count). The smallest absolute Gasteiger partial charge is 0.306 e. The number of rotatable bonds is 6. The Labute approximate surface area is 120 Å². The van der Waals surface area contributed by atoms with Gasteiger partial charge in [-0.15, -0.1) is 0 Å². The van der Waals surface area contributed by atoms with Crippen LogP contribution in [0.25, 0.3) is 0 Å². The molecule has 21 heavy (non-hydrogen) atoms. The molecule has 0 saturated carbocycles. The minimum absolute atomic E-state index is 0.0600. The number of carbonyl (C=O) groups excluding carboxylic acids is 1. The second kappa shape index (κ2) is 6.14. The predicted octanol–water partition coefficient (Wildman–Crippen LogP) is 0.538. The van der Waals surface area contributed by atoms with Crippen molar-refractivity contribution in [2.24, 2.45) is 5.73 Å². The molecule has 8 nitrogen and oxygen atoms in total. The van der Waals surface area contributed by atoms with Crippen LogP contribution in [-0.2, 0) is 14.8 Å². The fourth-order valence-electron chi connectivity index (χ4n) is 1.69. The molecule has 0 spiro atoms. The maximum absolute atomic E-state index is 13.6. The summed E-state index contributed by atoms with van der Waals surface area (Å²) in [6.07, 6.45) is 0. The first-order chi connectivity index (χ1) is 9.61. The molecule has 0 saturated heterocycles. The number of nitro groups is 1. The van der Waals surface area contributed by atoms with Crippen LogP contribution in [0.4, 0.5) is 10.1 Å². The van der Waals surface area contributed by atoms with Crippen molar-refractivity contribution in [3.8, 4) is 0 Å². The maximum atomic E-state index is 13.6. The number of hydrogen-bond acceptors (Lipinski definition) is 5. The van der Waals surface area contributed by atoms with E-state index >= 15 is 0 Å². The van der Waals surface area contributed by atoms with Gasteiger partial charge in [0.05, 0.1) is 16.4 Å². The van der Waals surface area contributed by atoms with Crippen LogP contribution in [0.5, 0.6) is 0 Å². The van der Waals surface area contributed by atoms with Gasteiger partial charge in [-0.25, -0.2) is 8.42 Å². The highest BCUT2D eigenvalue weighted by Crippen LogP contribution is 2.26. The van der Waals surface area contributed by atoms with E-state index in [1.165, 1.54) is 13.8 Å². The van der Waals surface area contributed by atoms with Crippen molar-refractivity contribution in [3.05, 3.63) is 33.6 Å². The molecule has 0 aliphatic carbocycles. The number of amides is 1. The van der Waals surface area contributed by atoms with Gasteiger partial charge in [0.1, 0.15) is 0 Å². The molecule has 1 aromatic rings. The van der Waals surface area contributed by atoms with E-state index in [1.807, 2.05) is 0 Å². The molecule has 1 amide bonds. The summed E-state index contributed by atoms with van der Waals surface area (Å²) in [4.78, 5) is 20.2. The van der Waals surface area contributed by atoms with Crippen molar-refractivity contribution in [2.75, 3.05) is 13.1 Å². The Hall–Kier alpha value is -2.07. The van der Waals surface area contributed by atoms with E-state index in [0.29, 0.717) is 6.07 Å². The third-order valence-electron chi connectivity index (χ3n) is 2.73. The van der Waals surface area contributed by atoms with E-state index in [1.54, 1.807) is 0 Å². The molecule has 116 valence electrons. The topological polar surface area (TPSA) is 124 Å². The van der Waals surface area contributed by atoms with Gasteiger partial charge in [0.25, 0.3) is 0 Å². The van der Waals surface area contributed by atoms with Crippen LogP contribution in [0.3, 0.4) is 0 Å². The standard InChI is InChI=1S/C11H14FN3O5S/c1-3-14(6-10(13)16)21(19,20)8-4-7(2)11(12)9(5-8)15(17)18/h4-5H,3,6H2,1-2H3,(H2,13,16). The second-order valence-corrected chi connectivity index (χ2v) is 6.17. The van der Waals surface area contributed by atoms with Gasteiger partial charge >= 0.3 is 5.69 Å². The third-order valence-corrected chi connectivity index (χ3v) is 4.63. The highest BCUT2D eigenvalue weighted by Gasteiger charge is 2.28. The number of benzene rings is 1. The Morgan fingerprint density at radius 3 is 2.48 bits per heavy atom. The number of hydrogen-bond donors (Lipinski definition) is 1. The number of carbonyl (C=O) groups is 1. The van der Waals surface area contributed by atoms with E-state index in [0.717, 1.165) is 10.4 Å². The molecule has 0 unspecified atom stereocenters. The average Bonchev–Trinajstić information content (AvgIpc) is 2.37. The first kappa shape index (κ1) is 17.0. The minimum Gasteiger partial charge on any atom is -0.369 e. The molecule has 0 aliphatic heterocycles. The molecule has 0 atom stereocenters. The van der Waals surface area contributed by atoms with Gasteiger partial charge in [-0.2, -0.15) is 8.70 Å². The Kier molecular flexibility index (Phi) is 4.97. The lowest BCUT2D eigenvalue weighted by Crippen LogP contribution is -2.38. The Morgan fingerprint density at radius 1 is 1.48 bits per heavy atom. The molecular formula is C11H14FN3O5S. The summed E-state index contributed by atoms with van der Waals surface area (Å²) >= 11 is 0. The van der Waals surface area contributed by atoms with Crippen LogP contribution in [0, 0.1) is 22.9 Å². The maximum Gasteiger partial charge on any atom is 0.306 e. The van der Waals surface area contributed by atoms with Gasteiger partial charge in [0.15, 0.2) is 0 Å². The molecule has 0 radical (unpaired) electrons. The van der Waals surface area contributed by atoms with Crippen LogP contribution >= 0.6 is 0 Å². The van der Waals surface area contributed by atoms with Gasteiger partial charge in [-0.3, -0.25) is 14.9 Å². The Morgan fingerprint density at radius 2 is 2.05 bits per heavy atom. The highest BCUT2D eigenvalue weighted by atomic mass is 32.2. The van der Waals surface area contributed by atoms with Crippen molar-refractivity contribution < 1.29 is 22.5 Å². The molecule has 10 heteroatoms. The minimum atomic E-state index is -4.18. The zero-order chi connectivity index (χ0) is 16.4. The van der Waals surface area contributed by atoms with Crippen molar-refractivity contribution in [2.45, 2.75) is 18.7 Å². The van der Waals surface area contributed by atoms with Gasteiger partial charge < -0.3 is 5.73 Å². The largest absolute Gasteiger partial charge is 0.369 e. The first-order valence-electron chi connectivity index (χ1n) is 5.84. The number of aryl methyl sites for hydroxylation is 1. The van der Waals surface area contributed by atoms with Crippen LogP contribution < -0.4 is 5.73 Å². The van der Waals surface area contributed by atoms with E-state index in [2.05, 4.69) is 0 Å². The zero-order valence-electron chi connectivity index (χ0n) is 11.4. The normalized spacial score (nSPS) is 11.6. The van der Waals surface area contributed by atoms with Crippen molar-refractivity contribution in [1.29, 1.82) is 0 Å². The van der Waals surface area contributed by atoms with E-state index in [4.69, 9.17) is 5.73 Å². The number of nitrogens with two attached hydrogens (primary N) is 1. The van der Waals surface area contributed by atoms with Gasteiger partial charge in [-0.1, -0.05) is 6.92 Å². The monoisotopic (exact) mass is 319 g/mol. The van der Waals surface area contributed by atoms with Gasteiger partial charge in [0, 0.05) is 12.6 Å². The number of primary amides is 1. The number of likely N-dealkylation sites (N-methyl/N-ethyl adjacent to an activating group) is 1. The summed E-state index contributed by atoms with van der Waals surface area (Å²) in [6.45, 7) is 2.07. The highest BCUT2D eigenvalue weighted by molar-refractivity contribution is 7.89. The molecule has 0 bridgehead atoms. The molecular weight excluding hydrogens is 305 g/mol. The summed E-state index contributed by atoms with van der Waals surface area (Å²) in [5, 5.41) is 10.8. The molecule has 0 fully saturated rings. The number of nitro benzene ring substituents is 1. The van der Waals surface area contributed by atoms with Gasteiger partial charge in [0.2, 0.25) is 21.7 Å². The predicted molar refractivity (Wildman–Crippen MR) is 71.4 cm³/mol. The Bertz CT molecular complexity index is 689. The lowest BCUT2D eigenvalue weighted by Gasteiger charge is -2.19. The molecule has 0 aromatic heterocycles.